The van der Waals surface area contributed by atoms with Gasteiger partial charge in [-0.25, -0.2) is 4.98 Å². The summed E-state index contributed by atoms with van der Waals surface area (Å²) >= 11 is 1.54. The molecule has 1 aliphatic carbocycles. The third kappa shape index (κ3) is 1.93. The van der Waals surface area contributed by atoms with Gasteiger partial charge in [-0.2, -0.15) is 5.26 Å². The van der Waals surface area contributed by atoms with E-state index in [1.54, 1.807) is 18.3 Å². The molecule has 1 unspecified atom stereocenters. The van der Waals surface area contributed by atoms with Crippen molar-refractivity contribution in [3.63, 3.8) is 0 Å². The molecule has 4 nitrogen and oxygen atoms in total. The van der Waals surface area contributed by atoms with Gasteiger partial charge in [0, 0.05) is 4.88 Å². The highest BCUT2D eigenvalue weighted by atomic mass is 32.1. The van der Waals surface area contributed by atoms with Crippen LogP contribution in [-0.4, -0.2) is 17.6 Å². The van der Waals surface area contributed by atoms with Gasteiger partial charge < -0.3 is 4.74 Å². The van der Waals surface area contributed by atoms with E-state index in [-0.39, 0.29) is 11.9 Å². The fourth-order valence-electron chi connectivity index (χ4n) is 1.89. The van der Waals surface area contributed by atoms with Crippen molar-refractivity contribution >= 4 is 17.3 Å². The van der Waals surface area contributed by atoms with Crippen LogP contribution in [0.1, 0.15) is 34.8 Å². The van der Waals surface area contributed by atoms with E-state index in [4.69, 9.17) is 10.00 Å². The summed E-state index contributed by atoms with van der Waals surface area (Å²) in [6.07, 6.45) is 1.99. The lowest BCUT2D eigenvalue weighted by atomic mass is 10.1. The van der Waals surface area contributed by atoms with Crippen molar-refractivity contribution in [1.29, 1.82) is 5.26 Å². The number of carbonyl (C=O) groups is 1. The summed E-state index contributed by atoms with van der Waals surface area (Å²) in [7, 11) is 0. The van der Waals surface area contributed by atoms with Crippen LogP contribution >= 0.6 is 11.3 Å². The van der Waals surface area contributed by atoms with Crippen LogP contribution < -0.4 is 0 Å². The number of esters is 1. The summed E-state index contributed by atoms with van der Waals surface area (Å²) in [4.78, 5) is 17.2. The molecule has 0 aliphatic heterocycles. The number of fused-ring (bicyclic) bond motifs is 1. The molecule has 0 N–H and O–H groups in total. The molecule has 84 valence electrons. The fraction of sp³-hybridized carbons (Fsp3) is 0.545. The predicted molar refractivity (Wildman–Crippen MR) is 59.1 cm³/mol. The molecule has 1 aromatic heterocycles. The van der Waals surface area contributed by atoms with Crippen molar-refractivity contribution in [3.8, 4) is 6.07 Å². The van der Waals surface area contributed by atoms with Crippen LogP contribution in [0.2, 0.25) is 0 Å². The average Bonchev–Trinajstić information content (AvgIpc) is 2.77. The Hall–Kier alpha value is -1.41. The summed E-state index contributed by atoms with van der Waals surface area (Å²) in [6.45, 7) is 2.20. The third-order valence-electron chi connectivity index (χ3n) is 2.56. The van der Waals surface area contributed by atoms with Crippen LogP contribution in [0, 0.1) is 11.3 Å². The lowest BCUT2D eigenvalue weighted by molar-refractivity contribution is -0.145. The largest absolute Gasteiger partial charge is 0.465 e. The molecule has 0 radical (unpaired) electrons. The van der Waals surface area contributed by atoms with Gasteiger partial charge in [0.25, 0.3) is 0 Å². The Morgan fingerprint density at radius 1 is 1.75 bits per heavy atom. The highest BCUT2D eigenvalue weighted by Crippen LogP contribution is 2.37. The van der Waals surface area contributed by atoms with Crippen molar-refractivity contribution in [2.24, 2.45) is 0 Å². The number of rotatable bonds is 3. The molecular weight excluding hydrogens is 224 g/mol. The van der Waals surface area contributed by atoms with Gasteiger partial charge in [-0.05, 0) is 19.8 Å². The maximum atomic E-state index is 11.7. The van der Waals surface area contributed by atoms with Crippen molar-refractivity contribution in [2.75, 3.05) is 6.61 Å². The lowest BCUT2D eigenvalue weighted by Crippen LogP contribution is -2.14. The van der Waals surface area contributed by atoms with E-state index in [2.05, 4.69) is 11.1 Å². The molecule has 0 saturated heterocycles. The second-order valence-corrected chi connectivity index (χ2v) is 4.76. The summed E-state index contributed by atoms with van der Waals surface area (Å²) in [5.74, 6) is -0.395. The Bertz CT molecular complexity index is 447. The molecular formula is C11H12N2O2S. The third-order valence-corrected chi connectivity index (χ3v) is 3.69. The number of carbonyl (C=O) groups excluding carboxylic acids is 1. The van der Waals surface area contributed by atoms with Gasteiger partial charge in [0.15, 0.2) is 0 Å². The summed E-state index contributed by atoms with van der Waals surface area (Å²) in [6, 6.07) is 2.07. The van der Waals surface area contributed by atoms with E-state index in [1.807, 2.05) is 0 Å². The molecule has 16 heavy (non-hydrogen) atoms. The normalized spacial score (nSPS) is 17.9. The zero-order valence-corrected chi connectivity index (χ0v) is 9.84. The Morgan fingerprint density at radius 3 is 3.25 bits per heavy atom. The molecule has 0 fully saturated rings. The van der Waals surface area contributed by atoms with Crippen LogP contribution in [0.25, 0.3) is 0 Å². The number of aromatic nitrogens is 1. The zero-order chi connectivity index (χ0) is 11.5. The van der Waals surface area contributed by atoms with Crippen molar-refractivity contribution in [1.82, 2.24) is 4.98 Å². The molecule has 1 aliphatic rings. The predicted octanol–water partition coefficient (Wildman–Crippen LogP) is 1.80. The smallest absolute Gasteiger partial charge is 0.315 e. The Morgan fingerprint density at radius 2 is 2.56 bits per heavy atom. The number of thiazole rings is 1. The molecule has 0 amide bonds. The second-order valence-electron chi connectivity index (χ2n) is 3.59. The van der Waals surface area contributed by atoms with Crippen molar-refractivity contribution in [2.45, 2.75) is 32.1 Å². The van der Waals surface area contributed by atoms with Gasteiger partial charge in [0.05, 0.1) is 24.8 Å². The molecule has 5 heteroatoms. The number of hydrogen-bond acceptors (Lipinski definition) is 5. The van der Waals surface area contributed by atoms with E-state index in [1.165, 1.54) is 0 Å². The van der Waals surface area contributed by atoms with Gasteiger partial charge in [0.1, 0.15) is 10.9 Å². The highest BCUT2D eigenvalue weighted by Gasteiger charge is 2.33. The van der Waals surface area contributed by atoms with Gasteiger partial charge in [-0.1, -0.05) is 0 Å². The summed E-state index contributed by atoms with van der Waals surface area (Å²) in [5, 5.41) is 9.40. The Balaban J connectivity index is 2.19. The monoisotopic (exact) mass is 236 g/mol. The van der Waals surface area contributed by atoms with Crippen molar-refractivity contribution < 1.29 is 9.53 Å². The summed E-state index contributed by atoms with van der Waals surface area (Å²) < 4.78 is 5.01. The highest BCUT2D eigenvalue weighted by molar-refractivity contribution is 7.11. The first-order valence-electron chi connectivity index (χ1n) is 5.28. The number of ether oxygens (including phenoxy) is 1. The Labute approximate surface area is 97.9 Å². The number of nitriles is 1. The number of aryl methyl sites for hydroxylation is 1. The lowest BCUT2D eigenvalue weighted by Gasteiger charge is -2.07. The minimum atomic E-state index is -0.210. The number of hydrogen-bond donors (Lipinski definition) is 0. The fourth-order valence-corrected chi connectivity index (χ4v) is 2.97. The van der Waals surface area contributed by atoms with Crippen LogP contribution in [0.4, 0.5) is 0 Å². The first-order valence-corrected chi connectivity index (χ1v) is 6.10. The van der Waals surface area contributed by atoms with Crippen LogP contribution in [0.3, 0.4) is 0 Å². The molecule has 0 saturated carbocycles. The SMILES string of the molecule is CCOC(=O)C1CCc2sc(CC#N)nc21. The molecule has 1 atom stereocenters. The van der Waals surface area contributed by atoms with Crippen LogP contribution in [0.5, 0.6) is 0 Å². The minimum Gasteiger partial charge on any atom is -0.465 e. The van der Waals surface area contributed by atoms with Gasteiger partial charge in [-0.3, -0.25) is 4.79 Å². The van der Waals surface area contributed by atoms with Crippen LogP contribution in [-0.2, 0) is 22.4 Å². The standard InChI is InChI=1S/C11H12N2O2S/c1-2-15-11(14)7-3-4-8-10(7)13-9(16-8)5-6-12/h7H,2-5H2,1H3. The van der Waals surface area contributed by atoms with Crippen molar-refractivity contribution in [3.05, 3.63) is 15.6 Å². The molecule has 2 rings (SSSR count). The van der Waals surface area contributed by atoms with Gasteiger partial charge >= 0.3 is 5.97 Å². The molecule has 0 bridgehead atoms. The van der Waals surface area contributed by atoms with Gasteiger partial charge in [0.2, 0.25) is 0 Å². The molecule has 0 aromatic carbocycles. The molecule has 1 aromatic rings. The second kappa shape index (κ2) is 4.62. The minimum absolute atomic E-state index is 0.185. The first-order chi connectivity index (χ1) is 7.76. The van der Waals surface area contributed by atoms with E-state index >= 15 is 0 Å². The average molecular weight is 236 g/mol. The topological polar surface area (TPSA) is 63.0 Å². The van der Waals surface area contributed by atoms with Gasteiger partial charge in [-0.15, -0.1) is 11.3 Å². The Kier molecular flexibility index (Phi) is 3.20. The summed E-state index contributed by atoms with van der Waals surface area (Å²) in [5.41, 5.74) is 0.841. The van der Waals surface area contributed by atoms with Crippen LogP contribution in [0.15, 0.2) is 0 Å². The zero-order valence-electron chi connectivity index (χ0n) is 9.02. The number of nitrogens with zero attached hydrogens (tertiary/aromatic N) is 2. The maximum absolute atomic E-state index is 11.7. The molecule has 0 spiro atoms. The van der Waals surface area contributed by atoms with E-state index in [9.17, 15) is 4.79 Å². The maximum Gasteiger partial charge on any atom is 0.315 e. The van der Waals surface area contributed by atoms with E-state index < -0.39 is 0 Å². The van der Waals surface area contributed by atoms with E-state index in [0.717, 1.165) is 28.4 Å². The van der Waals surface area contributed by atoms with E-state index in [0.29, 0.717) is 13.0 Å². The quantitative estimate of drug-likeness (QED) is 0.751. The first kappa shape index (κ1) is 11.1. The molecule has 1 heterocycles.